The standard InChI is InChI=1S/C17H23NO3/c1-15(2,3)13(19)18-14(20)21-16(4,5)17(18,6)12-10-8-7-9-11-12/h7-11H,1-6H3/t17-/m0/s1. The van der Waals surface area contributed by atoms with E-state index >= 15 is 0 Å². The van der Waals surface area contributed by atoms with E-state index < -0.39 is 22.6 Å². The van der Waals surface area contributed by atoms with Gasteiger partial charge in [0.05, 0.1) is 0 Å². The number of imide groups is 1. The molecule has 0 spiro atoms. The molecule has 21 heavy (non-hydrogen) atoms. The van der Waals surface area contributed by atoms with E-state index in [4.69, 9.17) is 4.74 Å². The molecule has 0 N–H and O–H groups in total. The summed E-state index contributed by atoms with van der Waals surface area (Å²) in [6.45, 7) is 11.0. The van der Waals surface area contributed by atoms with Gasteiger partial charge in [-0.3, -0.25) is 4.79 Å². The summed E-state index contributed by atoms with van der Waals surface area (Å²) in [6.07, 6.45) is -0.578. The molecule has 0 aliphatic carbocycles. The number of carbonyl (C=O) groups is 2. The predicted octanol–water partition coefficient (Wildman–Crippen LogP) is 3.71. The summed E-state index contributed by atoms with van der Waals surface area (Å²) in [6, 6.07) is 9.56. The van der Waals surface area contributed by atoms with Crippen LogP contribution < -0.4 is 0 Å². The molecular formula is C17H23NO3. The van der Waals surface area contributed by atoms with Crippen LogP contribution in [0.15, 0.2) is 30.3 Å². The molecule has 1 aliphatic heterocycles. The second-order valence-electron chi connectivity index (χ2n) is 7.21. The van der Waals surface area contributed by atoms with E-state index in [1.54, 1.807) is 20.8 Å². The Labute approximate surface area is 126 Å². The number of rotatable bonds is 1. The summed E-state index contributed by atoms with van der Waals surface area (Å²) in [5.41, 5.74) is -1.41. The van der Waals surface area contributed by atoms with Crippen LogP contribution in [0.5, 0.6) is 0 Å². The maximum Gasteiger partial charge on any atom is 0.418 e. The molecule has 2 rings (SSSR count). The van der Waals surface area contributed by atoms with Gasteiger partial charge in [0.15, 0.2) is 0 Å². The van der Waals surface area contributed by atoms with E-state index in [0.717, 1.165) is 5.56 Å². The van der Waals surface area contributed by atoms with Gasteiger partial charge in [-0.05, 0) is 26.3 Å². The molecule has 2 amide bonds. The molecule has 0 aromatic heterocycles. The summed E-state index contributed by atoms with van der Waals surface area (Å²) in [5.74, 6) is -0.232. The lowest BCUT2D eigenvalue weighted by molar-refractivity contribution is -0.141. The molecule has 114 valence electrons. The normalized spacial score (nSPS) is 24.9. The SMILES string of the molecule is CC(C)(C)C(=O)N1C(=O)OC(C)(C)[C@]1(C)c1ccccc1. The van der Waals surface area contributed by atoms with Gasteiger partial charge in [0.2, 0.25) is 5.91 Å². The van der Waals surface area contributed by atoms with Crippen molar-refractivity contribution in [3.63, 3.8) is 0 Å². The molecule has 0 bridgehead atoms. The van der Waals surface area contributed by atoms with Gasteiger partial charge in [0, 0.05) is 5.41 Å². The highest BCUT2D eigenvalue weighted by Crippen LogP contribution is 2.47. The van der Waals surface area contributed by atoms with Crippen LogP contribution >= 0.6 is 0 Å². The average Bonchev–Trinajstić information content (AvgIpc) is 2.55. The fourth-order valence-electron chi connectivity index (χ4n) is 2.68. The van der Waals surface area contributed by atoms with Crippen LogP contribution in [-0.4, -0.2) is 22.5 Å². The largest absolute Gasteiger partial charge is 0.440 e. The molecule has 4 nitrogen and oxygen atoms in total. The van der Waals surface area contributed by atoms with E-state index in [9.17, 15) is 9.59 Å². The molecule has 0 saturated carbocycles. The number of carbonyl (C=O) groups excluding carboxylic acids is 2. The molecule has 1 aromatic carbocycles. The lowest BCUT2D eigenvalue weighted by atomic mass is 9.76. The third-order valence-electron chi connectivity index (χ3n) is 4.33. The molecule has 1 saturated heterocycles. The minimum Gasteiger partial charge on any atom is -0.440 e. The maximum absolute atomic E-state index is 12.8. The first-order valence-corrected chi connectivity index (χ1v) is 7.15. The number of ether oxygens (including phenoxy) is 1. The van der Waals surface area contributed by atoms with Crippen molar-refractivity contribution in [3.8, 4) is 0 Å². The zero-order valence-electron chi connectivity index (χ0n) is 13.6. The van der Waals surface area contributed by atoms with Crippen LogP contribution in [-0.2, 0) is 15.1 Å². The number of hydrogen-bond donors (Lipinski definition) is 0. The Morgan fingerprint density at radius 1 is 1.10 bits per heavy atom. The van der Waals surface area contributed by atoms with Gasteiger partial charge in [-0.1, -0.05) is 51.1 Å². The van der Waals surface area contributed by atoms with E-state index in [2.05, 4.69) is 0 Å². The first-order valence-electron chi connectivity index (χ1n) is 7.15. The topological polar surface area (TPSA) is 46.6 Å². The highest BCUT2D eigenvalue weighted by molar-refractivity contribution is 5.97. The Bertz CT molecular complexity index is 571. The number of benzene rings is 1. The van der Waals surface area contributed by atoms with Gasteiger partial charge in [0.1, 0.15) is 11.1 Å². The average molecular weight is 289 g/mol. The van der Waals surface area contributed by atoms with Crippen LogP contribution in [0.25, 0.3) is 0 Å². The summed E-state index contributed by atoms with van der Waals surface area (Å²) >= 11 is 0. The van der Waals surface area contributed by atoms with Gasteiger partial charge in [-0.25, -0.2) is 9.69 Å². The number of nitrogens with zero attached hydrogens (tertiary/aromatic N) is 1. The minimum atomic E-state index is -0.838. The lowest BCUT2D eigenvalue weighted by Gasteiger charge is -2.41. The second-order valence-corrected chi connectivity index (χ2v) is 7.21. The van der Waals surface area contributed by atoms with Crippen molar-refractivity contribution in [1.82, 2.24) is 4.90 Å². The van der Waals surface area contributed by atoms with Crippen molar-refractivity contribution in [2.45, 2.75) is 52.7 Å². The van der Waals surface area contributed by atoms with Crippen LogP contribution in [0.2, 0.25) is 0 Å². The molecule has 0 radical (unpaired) electrons. The van der Waals surface area contributed by atoms with Crippen molar-refractivity contribution in [2.24, 2.45) is 5.41 Å². The van der Waals surface area contributed by atoms with E-state index in [-0.39, 0.29) is 5.91 Å². The summed E-state index contributed by atoms with van der Waals surface area (Å²) in [5, 5.41) is 0. The third kappa shape index (κ3) is 2.23. The zero-order chi connectivity index (χ0) is 16.1. The summed E-state index contributed by atoms with van der Waals surface area (Å²) in [4.78, 5) is 26.4. The molecule has 0 unspecified atom stereocenters. The van der Waals surface area contributed by atoms with E-state index in [1.165, 1.54) is 4.90 Å². The fraction of sp³-hybridized carbons (Fsp3) is 0.529. The highest BCUT2D eigenvalue weighted by atomic mass is 16.6. The Hall–Kier alpha value is -1.84. The van der Waals surface area contributed by atoms with Crippen LogP contribution in [0.3, 0.4) is 0 Å². The molecule has 1 atom stereocenters. The van der Waals surface area contributed by atoms with Crippen LogP contribution in [0.1, 0.15) is 47.1 Å². The Morgan fingerprint density at radius 2 is 1.62 bits per heavy atom. The third-order valence-corrected chi connectivity index (χ3v) is 4.33. The molecule has 1 heterocycles. The van der Waals surface area contributed by atoms with E-state index in [1.807, 2.05) is 51.1 Å². The highest BCUT2D eigenvalue weighted by Gasteiger charge is 2.61. The number of hydrogen-bond acceptors (Lipinski definition) is 3. The minimum absolute atomic E-state index is 0.232. The van der Waals surface area contributed by atoms with Crippen LogP contribution in [0.4, 0.5) is 4.79 Å². The first kappa shape index (κ1) is 15.5. The quantitative estimate of drug-likeness (QED) is 0.792. The number of amides is 2. The van der Waals surface area contributed by atoms with Crippen molar-refractivity contribution in [1.29, 1.82) is 0 Å². The van der Waals surface area contributed by atoms with Gasteiger partial charge in [-0.2, -0.15) is 0 Å². The van der Waals surface area contributed by atoms with Crippen LogP contribution in [0, 0.1) is 5.41 Å². The zero-order valence-corrected chi connectivity index (χ0v) is 13.6. The van der Waals surface area contributed by atoms with Gasteiger partial charge in [-0.15, -0.1) is 0 Å². The van der Waals surface area contributed by atoms with Gasteiger partial charge < -0.3 is 4.74 Å². The van der Waals surface area contributed by atoms with Crippen molar-refractivity contribution >= 4 is 12.0 Å². The fourth-order valence-corrected chi connectivity index (χ4v) is 2.68. The molecular weight excluding hydrogens is 266 g/mol. The molecule has 1 aromatic rings. The Balaban J connectivity index is 2.63. The Kier molecular flexibility index (Phi) is 3.39. The summed E-state index contributed by atoms with van der Waals surface area (Å²) < 4.78 is 5.51. The number of cyclic esters (lactones) is 1. The van der Waals surface area contributed by atoms with Crippen molar-refractivity contribution in [2.75, 3.05) is 0 Å². The maximum atomic E-state index is 12.8. The lowest BCUT2D eigenvalue weighted by Crippen LogP contribution is -2.55. The summed E-state index contributed by atoms with van der Waals surface area (Å²) in [7, 11) is 0. The second kappa shape index (κ2) is 4.58. The molecule has 4 heteroatoms. The van der Waals surface area contributed by atoms with Crippen molar-refractivity contribution < 1.29 is 14.3 Å². The first-order chi connectivity index (χ1) is 9.52. The Morgan fingerprint density at radius 3 is 2.10 bits per heavy atom. The van der Waals surface area contributed by atoms with Gasteiger partial charge in [0.25, 0.3) is 0 Å². The monoisotopic (exact) mass is 289 g/mol. The van der Waals surface area contributed by atoms with Gasteiger partial charge >= 0.3 is 6.09 Å². The smallest absolute Gasteiger partial charge is 0.418 e. The molecule has 1 aliphatic rings. The molecule has 1 fully saturated rings. The van der Waals surface area contributed by atoms with Crippen molar-refractivity contribution in [3.05, 3.63) is 35.9 Å². The van der Waals surface area contributed by atoms with E-state index in [0.29, 0.717) is 0 Å². The predicted molar refractivity (Wildman–Crippen MR) is 80.7 cm³/mol.